The lowest BCUT2D eigenvalue weighted by atomic mass is 10.1. The van der Waals surface area contributed by atoms with E-state index in [9.17, 15) is 4.79 Å². The van der Waals surface area contributed by atoms with Crippen LogP contribution in [0.2, 0.25) is 0 Å². The number of amides is 1. The maximum Gasteiger partial charge on any atom is 0.228 e. The zero-order valence-electron chi connectivity index (χ0n) is 12.8. The molecule has 1 fully saturated rings. The number of carbonyl (C=O) groups excluding carboxylic acids is 1. The maximum atomic E-state index is 12.5. The van der Waals surface area contributed by atoms with Gasteiger partial charge in [-0.05, 0) is 44.5 Å². The first kappa shape index (κ1) is 14.5. The van der Waals surface area contributed by atoms with E-state index in [1.54, 1.807) is 0 Å². The fraction of sp³-hybridized carbons (Fsp3) is 0.588. The van der Waals surface area contributed by atoms with Crippen LogP contribution in [0.25, 0.3) is 0 Å². The second-order valence-electron chi connectivity index (χ2n) is 6.10. The second kappa shape index (κ2) is 6.58. The fourth-order valence-electron chi connectivity index (χ4n) is 3.48. The van der Waals surface area contributed by atoms with Crippen LogP contribution in [-0.2, 0) is 11.2 Å². The summed E-state index contributed by atoms with van der Waals surface area (Å²) < 4.78 is 0. The summed E-state index contributed by atoms with van der Waals surface area (Å²) in [7, 11) is 2.03. The van der Waals surface area contributed by atoms with Crippen molar-refractivity contribution in [3.63, 3.8) is 0 Å². The molecule has 1 saturated heterocycles. The lowest BCUT2D eigenvalue weighted by Gasteiger charge is -2.32. The zero-order chi connectivity index (χ0) is 14.7. The van der Waals surface area contributed by atoms with Crippen LogP contribution < -0.4 is 10.2 Å². The normalized spacial score (nSPS) is 22.3. The molecule has 2 aliphatic heterocycles. The van der Waals surface area contributed by atoms with E-state index in [4.69, 9.17) is 0 Å². The van der Waals surface area contributed by atoms with Gasteiger partial charge in [0.25, 0.3) is 0 Å². The lowest BCUT2D eigenvalue weighted by molar-refractivity contribution is -0.118. The molecule has 4 nitrogen and oxygen atoms in total. The highest BCUT2D eigenvalue weighted by molar-refractivity contribution is 5.95. The van der Waals surface area contributed by atoms with Crippen LogP contribution in [0.1, 0.15) is 24.8 Å². The Labute approximate surface area is 127 Å². The Bertz CT molecular complexity index is 503. The van der Waals surface area contributed by atoms with E-state index in [1.165, 1.54) is 18.4 Å². The minimum absolute atomic E-state index is 0.270. The summed E-state index contributed by atoms with van der Waals surface area (Å²) in [5.41, 5.74) is 2.42. The van der Waals surface area contributed by atoms with Gasteiger partial charge in [-0.25, -0.2) is 0 Å². The van der Waals surface area contributed by atoms with Gasteiger partial charge in [-0.1, -0.05) is 18.2 Å². The van der Waals surface area contributed by atoms with Gasteiger partial charge in [0.05, 0.1) is 0 Å². The molecule has 2 heterocycles. The molecule has 0 bridgehead atoms. The number of likely N-dealkylation sites (N-methyl/N-ethyl adjacent to an activating group) is 1. The summed E-state index contributed by atoms with van der Waals surface area (Å²) in [6.07, 6.45) is 4.10. The Morgan fingerprint density at radius 3 is 3.05 bits per heavy atom. The van der Waals surface area contributed by atoms with Crippen molar-refractivity contribution < 1.29 is 4.79 Å². The topological polar surface area (TPSA) is 35.6 Å². The minimum Gasteiger partial charge on any atom is -0.316 e. The summed E-state index contributed by atoms with van der Waals surface area (Å²) >= 11 is 0. The monoisotopic (exact) mass is 287 g/mol. The third kappa shape index (κ3) is 3.27. The van der Waals surface area contributed by atoms with Crippen LogP contribution in [-0.4, -0.2) is 50.1 Å². The van der Waals surface area contributed by atoms with Crippen molar-refractivity contribution in [3.8, 4) is 0 Å². The lowest BCUT2D eigenvalue weighted by Crippen LogP contribution is -2.45. The summed E-state index contributed by atoms with van der Waals surface area (Å²) in [6.45, 7) is 3.93. The molecule has 0 aromatic heterocycles. The van der Waals surface area contributed by atoms with E-state index in [-0.39, 0.29) is 5.91 Å². The van der Waals surface area contributed by atoms with Crippen LogP contribution in [0.4, 0.5) is 5.69 Å². The molecule has 21 heavy (non-hydrogen) atoms. The fourth-order valence-corrected chi connectivity index (χ4v) is 3.48. The SMILES string of the molecule is CNC1CCCN(CCC(=O)N2CCc3ccccc32)C1. The van der Waals surface area contributed by atoms with E-state index in [0.717, 1.165) is 38.3 Å². The number of piperidine rings is 1. The highest BCUT2D eigenvalue weighted by Gasteiger charge is 2.25. The Morgan fingerprint density at radius 2 is 2.19 bits per heavy atom. The van der Waals surface area contributed by atoms with Crippen LogP contribution in [0.15, 0.2) is 24.3 Å². The van der Waals surface area contributed by atoms with Crippen molar-refractivity contribution in [1.29, 1.82) is 0 Å². The molecule has 1 amide bonds. The molecule has 0 spiro atoms. The van der Waals surface area contributed by atoms with Gasteiger partial charge in [-0.3, -0.25) is 4.79 Å². The summed E-state index contributed by atoms with van der Waals surface area (Å²) in [4.78, 5) is 16.9. The van der Waals surface area contributed by atoms with E-state index in [1.807, 2.05) is 18.0 Å². The number of nitrogens with one attached hydrogen (secondary N) is 1. The first-order valence-electron chi connectivity index (χ1n) is 8.06. The van der Waals surface area contributed by atoms with E-state index < -0.39 is 0 Å². The van der Waals surface area contributed by atoms with Crippen LogP contribution >= 0.6 is 0 Å². The molecule has 1 aromatic carbocycles. The van der Waals surface area contributed by atoms with Gasteiger partial charge in [0.2, 0.25) is 5.91 Å². The van der Waals surface area contributed by atoms with Crippen molar-refractivity contribution >= 4 is 11.6 Å². The average molecular weight is 287 g/mol. The predicted molar refractivity (Wildman–Crippen MR) is 85.6 cm³/mol. The van der Waals surface area contributed by atoms with Crippen molar-refractivity contribution in [2.24, 2.45) is 0 Å². The van der Waals surface area contributed by atoms with Crippen molar-refractivity contribution in [2.45, 2.75) is 31.7 Å². The Balaban J connectivity index is 1.53. The molecular formula is C17H25N3O. The minimum atomic E-state index is 0.270. The van der Waals surface area contributed by atoms with Crippen molar-refractivity contribution in [2.75, 3.05) is 38.1 Å². The number of rotatable bonds is 4. The van der Waals surface area contributed by atoms with Crippen LogP contribution in [0, 0.1) is 0 Å². The molecule has 3 rings (SSSR count). The number of para-hydroxylation sites is 1. The van der Waals surface area contributed by atoms with Gasteiger partial charge in [0.15, 0.2) is 0 Å². The standard InChI is InChI=1S/C17H25N3O/c1-18-15-6-4-10-19(13-15)11-9-17(21)20-12-8-14-5-2-3-7-16(14)20/h2-3,5,7,15,18H,4,6,8-13H2,1H3. The average Bonchev–Trinajstić information content (AvgIpc) is 2.97. The highest BCUT2D eigenvalue weighted by Crippen LogP contribution is 2.27. The molecule has 4 heteroatoms. The smallest absolute Gasteiger partial charge is 0.228 e. The van der Waals surface area contributed by atoms with Crippen LogP contribution in [0.5, 0.6) is 0 Å². The van der Waals surface area contributed by atoms with E-state index in [0.29, 0.717) is 12.5 Å². The van der Waals surface area contributed by atoms with E-state index >= 15 is 0 Å². The molecule has 1 N–H and O–H groups in total. The number of nitrogens with zero attached hydrogens (tertiary/aromatic N) is 2. The summed E-state index contributed by atoms with van der Waals surface area (Å²) in [5.74, 6) is 0.270. The molecule has 1 unspecified atom stereocenters. The van der Waals surface area contributed by atoms with Gasteiger partial charge < -0.3 is 15.1 Å². The summed E-state index contributed by atoms with van der Waals surface area (Å²) in [6, 6.07) is 8.86. The number of anilines is 1. The molecule has 0 saturated carbocycles. The number of likely N-dealkylation sites (tertiary alicyclic amines) is 1. The first-order valence-corrected chi connectivity index (χ1v) is 8.06. The van der Waals surface area contributed by atoms with Gasteiger partial charge in [-0.2, -0.15) is 0 Å². The number of benzene rings is 1. The first-order chi connectivity index (χ1) is 10.3. The quantitative estimate of drug-likeness (QED) is 0.914. The van der Waals surface area contributed by atoms with Gasteiger partial charge in [-0.15, -0.1) is 0 Å². The Kier molecular flexibility index (Phi) is 4.56. The molecule has 0 radical (unpaired) electrons. The Morgan fingerprint density at radius 1 is 1.33 bits per heavy atom. The number of hydrogen-bond donors (Lipinski definition) is 1. The molecule has 114 valence electrons. The highest BCUT2D eigenvalue weighted by atomic mass is 16.2. The predicted octanol–water partition coefficient (Wildman–Crippen LogP) is 1.65. The number of hydrogen-bond acceptors (Lipinski definition) is 3. The summed E-state index contributed by atoms with van der Waals surface area (Å²) in [5, 5.41) is 3.35. The number of fused-ring (bicyclic) bond motifs is 1. The molecule has 0 aliphatic carbocycles. The van der Waals surface area contributed by atoms with Crippen molar-refractivity contribution in [1.82, 2.24) is 10.2 Å². The van der Waals surface area contributed by atoms with Gasteiger partial charge in [0, 0.05) is 37.8 Å². The second-order valence-corrected chi connectivity index (χ2v) is 6.10. The van der Waals surface area contributed by atoms with Gasteiger partial charge in [0.1, 0.15) is 0 Å². The largest absolute Gasteiger partial charge is 0.316 e. The molecule has 1 atom stereocenters. The zero-order valence-corrected chi connectivity index (χ0v) is 12.8. The molecule has 2 aliphatic rings. The van der Waals surface area contributed by atoms with Crippen LogP contribution in [0.3, 0.4) is 0 Å². The van der Waals surface area contributed by atoms with Gasteiger partial charge >= 0.3 is 0 Å². The number of carbonyl (C=O) groups is 1. The third-order valence-electron chi connectivity index (χ3n) is 4.74. The molecule has 1 aromatic rings. The Hall–Kier alpha value is -1.39. The van der Waals surface area contributed by atoms with Crippen molar-refractivity contribution in [3.05, 3.63) is 29.8 Å². The maximum absolute atomic E-state index is 12.5. The van der Waals surface area contributed by atoms with E-state index in [2.05, 4.69) is 28.4 Å². The molecular weight excluding hydrogens is 262 g/mol. The third-order valence-corrected chi connectivity index (χ3v) is 4.74.